The molecule has 5 nitrogen and oxygen atoms in total. The van der Waals surface area contributed by atoms with Crippen molar-refractivity contribution in [2.24, 2.45) is 16.3 Å². The van der Waals surface area contributed by atoms with Crippen LogP contribution in [0.15, 0.2) is 27.8 Å². The van der Waals surface area contributed by atoms with Crippen LogP contribution in [0.25, 0.3) is 0 Å². The van der Waals surface area contributed by atoms with Crippen LogP contribution in [0, 0.1) is 11.3 Å². The molecular weight excluding hydrogens is 266 g/mol. The molecule has 1 saturated heterocycles. The molecular formula is C16H25N3O2. The van der Waals surface area contributed by atoms with Gasteiger partial charge in [0.15, 0.2) is 5.96 Å². The van der Waals surface area contributed by atoms with Gasteiger partial charge < -0.3 is 19.8 Å². The van der Waals surface area contributed by atoms with E-state index >= 15 is 0 Å². The monoisotopic (exact) mass is 291 g/mol. The molecule has 3 unspecified atom stereocenters. The number of rotatable bonds is 3. The van der Waals surface area contributed by atoms with E-state index in [2.05, 4.69) is 29.5 Å². The molecule has 2 N–H and O–H groups in total. The Bertz CT molecular complexity index is 496. The minimum Gasteiger partial charge on any atom is -0.467 e. The van der Waals surface area contributed by atoms with E-state index in [0.29, 0.717) is 24.6 Å². The second kappa shape index (κ2) is 5.72. The lowest BCUT2D eigenvalue weighted by molar-refractivity contribution is -0.188. The van der Waals surface area contributed by atoms with Crippen LogP contribution in [0.4, 0.5) is 0 Å². The third-order valence-corrected chi connectivity index (χ3v) is 4.86. The highest BCUT2D eigenvalue weighted by molar-refractivity contribution is 5.80. The first-order valence-corrected chi connectivity index (χ1v) is 7.74. The summed E-state index contributed by atoms with van der Waals surface area (Å²) in [5, 5.41) is 6.88. The lowest BCUT2D eigenvalue weighted by Crippen LogP contribution is -2.70. The van der Waals surface area contributed by atoms with Crippen molar-refractivity contribution in [3.05, 3.63) is 24.2 Å². The van der Waals surface area contributed by atoms with Gasteiger partial charge in [0, 0.05) is 31.0 Å². The summed E-state index contributed by atoms with van der Waals surface area (Å²) in [6.07, 6.45) is 4.47. The van der Waals surface area contributed by atoms with Crippen LogP contribution in [0.5, 0.6) is 0 Å². The highest BCUT2D eigenvalue weighted by Gasteiger charge is 2.58. The molecule has 2 fully saturated rings. The summed E-state index contributed by atoms with van der Waals surface area (Å²) in [5.41, 5.74) is 0.146. The topological polar surface area (TPSA) is 58.8 Å². The fraction of sp³-hybridized carbons (Fsp3) is 0.688. The van der Waals surface area contributed by atoms with Crippen molar-refractivity contribution in [3.63, 3.8) is 0 Å². The number of ether oxygens (including phenoxy) is 1. The first-order chi connectivity index (χ1) is 10.1. The zero-order chi connectivity index (χ0) is 14.9. The van der Waals surface area contributed by atoms with Gasteiger partial charge in [-0.15, -0.1) is 0 Å². The van der Waals surface area contributed by atoms with Crippen LogP contribution in [-0.4, -0.2) is 31.8 Å². The summed E-state index contributed by atoms with van der Waals surface area (Å²) >= 11 is 0. The third-order valence-electron chi connectivity index (χ3n) is 4.86. The molecule has 21 heavy (non-hydrogen) atoms. The summed E-state index contributed by atoms with van der Waals surface area (Å²) < 4.78 is 11.3. The van der Waals surface area contributed by atoms with Crippen molar-refractivity contribution < 1.29 is 9.15 Å². The van der Waals surface area contributed by atoms with Gasteiger partial charge in [-0.1, -0.05) is 13.8 Å². The first kappa shape index (κ1) is 14.4. The van der Waals surface area contributed by atoms with E-state index in [9.17, 15) is 0 Å². The number of hydrogen-bond donors (Lipinski definition) is 2. The SMILES string of the molecule is CN=C(NCc1ccco1)NC1C2CCCOC2C1(C)C. The summed E-state index contributed by atoms with van der Waals surface area (Å²) in [5.74, 6) is 2.33. The first-order valence-electron chi connectivity index (χ1n) is 7.74. The predicted octanol–water partition coefficient (Wildman–Crippen LogP) is 2.15. The van der Waals surface area contributed by atoms with Gasteiger partial charge in [-0.25, -0.2) is 0 Å². The van der Waals surface area contributed by atoms with Gasteiger partial charge in [0.2, 0.25) is 0 Å². The van der Waals surface area contributed by atoms with E-state index in [1.807, 2.05) is 12.1 Å². The molecule has 1 saturated carbocycles. The second-order valence-electron chi connectivity index (χ2n) is 6.55. The molecule has 1 aliphatic heterocycles. The molecule has 1 aromatic heterocycles. The normalized spacial score (nSPS) is 31.2. The van der Waals surface area contributed by atoms with Crippen molar-refractivity contribution in [2.75, 3.05) is 13.7 Å². The summed E-state index contributed by atoms with van der Waals surface area (Å²) in [4.78, 5) is 4.32. The number of nitrogens with zero attached hydrogens (tertiary/aromatic N) is 1. The number of nitrogens with one attached hydrogen (secondary N) is 2. The lowest BCUT2D eigenvalue weighted by Gasteiger charge is -2.60. The maximum atomic E-state index is 5.94. The molecule has 3 rings (SSSR count). The van der Waals surface area contributed by atoms with Crippen molar-refractivity contribution in [3.8, 4) is 0 Å². The minimum absolute atomic E-state index is 0.146. The van der Waals surface area contributed by atoms with Gasteiger partial charge in [0.25, 0.3) is 0 Å². The summed E-state index contributed by atoms with van der Waals surface area (Å²) in [6, 6.07) is 4.26. The van der Waals surface area contributed by atoms with E-state index in [-0.39, 0.29) is 5.41 Å². The van der Waals surface area contributed by atoms with Crippen LogP contribution >= 0.6 is 0 Å². The van der Waals surface area contributed by atoms with Gasteiger partial charge in [0.05, 0.1) is 18.9 Å². The van der Waals surface area contributed by atoms with E-state index in [1.54, 1.807) is 13.3 Å². The lowest BCUT2D eigenvalue weighted by atomic mass is 9.55. The second-order valence-corrected chi connectivity index (χ2v) is 6.55. The number of furan rings is 1. The molecule has 0 bridgehead atoms. The molecule has 0 aromatic carbocycles. The Labute approximate surface area is 126 Å². The fourth-order valence-corrected chi connectivity index (χ4v) is 3.74. The van der Waals surface area contributed by atoms with E-state index in [0.717, 1.165) is 24.7 Å². The smallest absolute Gasteiger partial charge is 0.191 e. The van der Waals surface area contributed by atoms with Crippen LogP contribution in [0.1, 0.15) is 32.4 Å². The van der Waals surface area contributed by atoms with Gasteiger partial charge >= 0.3 is 0 Å². The zero-order valence-corrected chi connectivity index (χ0v) is 13.1. The van der Waals surface area contributed by atoms with Gasteiger partial charge in [-0.2, -0.15) is 0 Å². The van der Waals surface area contributed by atoms with E-state index in [4.69, 9.17) is 9.15 Å². The fourth-order valence-electron chi connectivity index (χ4n) is 3.74. The maximum Gasteiger partial charge on any atom is 0.191 e. The molecule has 116 valence electrons. The molecule has 0 amide bonds. The average molecular weight is 291 g/mol. The Morgan fingerprint density at radius 3 is 3.05 bits per heavy atom. The molecule has 0 radical (unpaired) electrons. The third kappa shape index (κ3) is 2.67. The van der Waals surface area contributed by atoms with Crippen molar-refractivity contribution in [1.82, 2.24) is 10.6 Å². The van der Waals surface area contributed by atoms with Gasteiger partial charge in [-0.3, -0.25) is 4.99 Å². The number of guanidine groups is 1. The summed E-state index contributed by atoms with van der Waals surface area (Å²) in [7, 11) is 1.80. The van der Waals surface area contributed by atoms with E-state index in [1.165, 1.54) is 6.42 Å². The van der Waals surface area contributed by atoms with Crippen LogP contribution < -0.4 is 10.6 Å². The van der Waals surface area contributed by atoms with Crippen LogP contribution in [0.2, 0.25) is 0 Å². The van der Waals surface area contributed by atoms with Crippen molar-refractivity contribution >= 4 is 5.96 Å². The van der Waals surface area contributed by atoms with Crippen molar-refractivity contribution in [1.29, 1.82) is 0 Å². The standard InChI is InChI=1S/C16H25N3O2/c1-16(2)13(12-7-5-9-21-14(12)16)19-15(17-3)18-10-11-6-4-8-20-11/h4,6,8,12-14H,5,7,9-10H2,1-3H3,(H2,17,18,19). The van der Waals surface area contributed by atoms with Gasteiger partial charge in [-0.05, 0) is 25.0 Å². The van der Waals surface area contributed by atoms with Gasteiger partial charge in [0.1, 0.15) is 5.76 Å². The number of aliphatic imine (C=N–C) groups is 1. The van der Waals surface area contributed by atoms with E-state index < -0.39 is 0 Å². The Morgan fingerprint density at radius 2 is 2.33 bits per heavy atom. The van der Waals surface area contributed by atoms with Crippen LogP contribution in [-0.2, 0) is 11.3 Å². The Hall–Kier alpha value is -1.49. The molecule has 1 aromatic rings. The highest BCUT2D eigenvalue weighted by Crippen LogP contribution is 2.51. The predicted molar refractivity (Wildman–Crippen MR) is 82.1 cm³/mol. The molecule has 0 spiro atoms. The largest absolute Gasteiger partial charge is 0.467 e. The zero-order valence-electron chi connectivity index (χ0n) is 13.1. The maximum absolute atomic E-state index is 5.94. The minimum atomic E-state index is 0.146. The Kier molecular flexibility index (Phi) is 3.93. The number of fused-ring (bicyclic) bond motifs is 1. The Morgan fingerprint density at radius 1 is 1.48 bits per heavy atom. The molecule has 2 aliphatic rings. The number of hydrogen-bond acceptors (Lipinski definition) is 3. The van der Waals surface area contributed by atoms with Crippen molar-refractivity contribution in [2.45, 2.75) is 45.4 Å². The summed E-state index contributed by atoms with van der Waals surface area (Å²) in [6.45, 7) is 6.10. The highest BCUT2D eigenvalue weighted by atomic mass is 16.5. The molecule has 2 heterocycles. The van der Waals surface area contributed by atoms with Crippen LogP contribution in [0.3, 0.4) is 0 Å². The average Bonchev–Trinajstić information content (AvgIpc) is 3.00. The quantitative estimate of drug-likeness (QED) is 0.662. The Balaban J connectivity index is 1.59. The molecule has 1 aliphatic carbocycles. The molecule has 5 heteroatoms. The molecule has 3 atom stereocenters.